The average Bonchev–Trinajstić information content (AvgIpc) is 2.69. The summed E-state index contributed by atoms with van der Waals surface area (Å²) in [7, 11) is -1.84. The summed E-state index contributed by atoms with van der Waals surface area (Å²) < 4.78 is 29.7. The van der Waals surface area contributed by atoms with Gasteiger partial charge in [-0.2, -0.15) is 0 Å². The van der Waals surface area contributed by atoms with Gasteiger partial charge in [-0.3, -0.25) is 9.10 Å². The number of hydrogen-bond acceptors (Lipinski definition) is 4. The van der Waals surface area contributed by atoms with Crippen LogP contribution < -0.4 is 14.4 Å². The fraction of sp³-hybridized carbons (Fsp3) is 0.190. The summed E-state index contributed by atoms with van der Waals surface area (Å²) in [5, 5.41) is 5.12. The maximum Gasteiger partial charge on any atom is 0.258 e. The molecule has 0 heterocycles. The number of anilines is 1. The van der Waals surface area contributed by atoms with E-state index in [1.54, 1.807) is 24.3 Å². The van der Waals surface area contributed by atoms with Crippen molar-refractivity contribution in [2.75, 3.05) is 24.2 Å². The Bertz CT molecular complexity index is 1080. The summed E-state index contributed by atoms with van der Waals surface area (Å²) in [6, 6.07) is 20.6. The van der Waals surface area contributed by atoms with Gasteiger partial charge in [0, 0.05) is 13.6 Å². The van der Waals surface area contributed by atoms with E-state index >= 15 is 0 Å². The van der Waals surface area contributed by atoms with Crippen LogP contribution in [0.1, 0.15) is 5.56 Å². The lowest BCUT2D eigenvalue weighted by Crippen LogP contribution is -2.28. The lowest BCUT2D eigenvalue weighted by Gasteiger charge is -2.16. The van der Waals surface area contributed by atoms with E-state index < -0.39 is 10.0 Å². The van der Waals surface area contributed by atoms with Crippen LogP contribution in [0.3, 0.4) is 0 Å². The fourth-order valence-corrected chi connectivity index (χ4v) is 3.20. The van der Waals surface area contributed by atoms with E-state index in [1.165, 1.54) is 11.4 Å². The lowest BCUT2D eigenvalue weighted by atomic mass is 10.1. The molecule has 3 rings (SSSR count). The number of carbonyl (C=O) groups is 1. The molecule has 0 atom stereocenters. The number of fused-ring (bicyclic) bond motifs is 1. The Kier molecular flexibility index (Phi) is 5.84. The Labute approximate surface area is 164 Å². The predicted octanol–water partition coefficient (Wildman–Crippen LogP) is 2.93. The largest absolute Gasteiger partial charge is 0.484 e. The van der Waals surface area contributed by atoms with Gasteiger partial charge in [-0.25, -0.2) is 8.42 Å². The molecule has 0 aliphatic heterocycles. The van der Waals surface area contributed by atoms with Gasteiger partial charge < -0.3 is 10.1 Å². The van der Waals surface area contributed by atoms with E-state index in [4.69, 9.17) is 4.74 Å². The molecule has 6 nitrogen and oxygen atoms in total. The third-order valence-electron chi connectivity index (χ3n) is 4.37. The van der Waals surface area contributed by atoms with Gasteiger partial charge in [0.25, 0.3) is 5.91 Å². The molecule has 1 N–H and O–H groups in total. The summed E-state index contributed by atoms with van der Waals surface area (Å²) >= 11 is 0. The van der Waals surface area contributed by atoms with Crippen molar-refractivity contribution in [2.45, 2.75) is 6.54 Å². The van der Waals surface area contributed by atoms with Crippen LogP contribution in [0, 0.1) is 0 Å². The zero-order valence-electron chi connectivity index (χ0n) is 15.8. The Morgan fingerprint density at radius 3 is 2.36 bits per heavy atom. The molecule has 0 fully saturated rings. The smallest absolute Gasteiger partial charge is 0.258 e. The number of amides is 1. The first-order valence-electron chi connectivity index (χ1n) is 8.74. The van der Waals surface area contributed by atoms with Gasteiger partial charge in [-0.05, 0) is 46.7 Å². The minimum absolute atomic E-state index is 0.116. The lowest BCUT2D eigenvalue weighted by molar-refractivity contribution is -0.123. The van der Waals surface area contributed by atoms with Crippen LogP contribution in [0.25, 0.3) is 10.8 Å². The van der Waals surface area contributed by atoms with Gasteiger partial charge in [0.15, 0.2) is 6.61 Å². The number of nitrogens with zero attached hydrogens (tertiary/aromatic N) is 1. The minimum atomic E-state index is -3.31. The second-order valence-electron chi connectivity index (χ2n) is 6.47. The van der Waals surface area contributed by atoms with E-state index in [1.807, 2.05) is 42.5 Å². The van der Waals surface area contributed by atoms with Crippen LogP contribution in [0.15, 0.2) is 66.7 Å². The van der Waals surface area contributed by atoms with Crippen LogP contribution in [0.4, 0.5) is 5.69 Å². The predicted molar refractivity (Wildman–Crippen MR) is 111 cm³/mol. The molecule has 28 heavy (non-hydrogen) atoms. The van der Waals surface area contributed by atoms with Crippen molar-refractivity contribution in [3.8, 4) is 5.75 Å². The molecule has 3 aromatic carbocycles. The van der Waals surface area contributed by atoms with Gasteiger partial charge in [-0.1, -0.05) is 36.4 Å². The van der Waals surface area contributed by atoms with Crippen molar-refractivity contribution >= 4 is 32.4 Å². The van der Waals surface area contributed by atoms with E-state index in [0.29, 0.717) is 18.0 Å². The summed E-state index contributed by atoms with van der Waals surface area (Å²) in [5.74, 6) is 0.261. The molecule has 0 aliphatic rings. The molecule has 3 aromatic rings. The maximum atomic E-state index is 12.0. The van der Waals surface area contributed by atoms with Gasteiger partial charge >= 0.3 is 0 Å². The standard InChI is InChI=1S/C21H22N2O4S/c1-23(28(2,25)26)19-9-11-20(12-10-19)27-15-21(24)22-14-16-7-8-17-5-3-4-6-18(17)13-16/h3-13H,14-15H2,1-2H3,(H,22,24). The summed E-state index contributed by atoms with van der Waals surface area (Å²) in [4.78, 5) is 12.0. The van der Waals surface area contributed by atoms with E-state index in [-0.39, 0.29) is 12.5 Å². The summed E-state index contributed by atoms with van der Waals surface area (Å²) in [6.45, 7) is 0.306. The molecule has 0 saturated heterocycles. The first-order chi connectivity index (χ1) is 13.3. The van der Waals surface area contributed by atoms with Crippen molar-refractivity contribution in [2.24, 2.45) is 0 Å². The molecule has 7 heteroatoms. The quantitative estimate of drug-likeness (QED) is 0.664. The Morgan fingerprint density at radius 2 is 1.68 bits per heavy atom. The van der Waals surface area contributed by atoms with Gasteiger partial charge in [-0.15, -0.1) is 0 Å². The molecular formula is C21H22N2O4S. The zero-order valence-corrected chi connectivity index (χ0v) is 16.6. The highest BCUT2D eigenvalue weighted by atomic mass is 32.2. The normalized spacial score (nSPS) is 11.2. The number of benzene rings is 3. The molecule has 0 radical (unpaired) electrons. The number of hydrogen-bond donors (Lipinski definition) is 1. The van der Waals surface area contributed by atoms with Crippen molar-refractivity contribution in [3.05, 3.63) is 72.3 Å². The van der Waals surface area contributed by atoms with Crippen LogP contribution in [-0.4, -0.2) is 34.2 Å². The summed E-state index contributed by atoms with van der Waals surface area (Å²) in [5.41, 5.74) is 1.54. The Balaban J connectivity index is 1.51. The first kappa shape index (κ1) is 19.7. The van der Waals surface area contributed by atoms with E-state index in [0.717, 1.165) is 22.6 Å². The third kappa shape index (κ3) is 5.01. The molecule has 0 aliphatic carbocycles. The van der Waals surface area contributed by atoms with Crippen LogP contribution in [0.2, 0.25) is 0 Å². The molecule has 0 bridgehead atoms. The van der Waals surface area contributed by atoms with Gasteiger partial charge in [0.1, 0.15) is 5.75 Å². The highest BCUT2D eigenvalue weighted by Gasteiger charge is 2.11. The molecule has 1 amide bonds. The monoisotopic (exact) mass is 398 g/mol. The second-order valence-corrected chi connectivity index (χ2v) is 8.49. The molecule has 0 unspecified atom stereocenters. The highest BCUT2D eigenvalue weighted by molar-refractivity contribution is 7.92. The van der Waals surface area contributed by atoms with Crippen LogP contribution >= 0.6 is 0 Å². The maximum absolute atomic E-state index is 12.0. The number of carbonyl (C=O) groups excluding carboxylic acids is 1. The third-order valence-corrected chi connectivity index (χ3v) is 5.58. The molecule has 0 spiro atoms. The van der Waals surface area contributed by atoms with Gasteiger partial charge in [0.05, 0.1) is 11.9 Å². The Hall–Kier alpha value is -3.06. The minimum Gasteiger partial charge on any atom is -0.484 e. The van der Waals surface area contributed by atoms with Crippen molar-refractivity contribution < 1.29 is 17.9 Å². The number of ether oxygens (including phenoxy) is 1. The number of sulfonamides is 1. The fourth-order valence-electron chi connectivity index (χ4n) is 2.69. The number of nitrogens with one attached hydrogen (secondary N) is 1. The first-order valence-corrected chi connectivity index (χ1v) is 10.6. The van der Waals surface area contributed by atoms with Crippen molar-refractivity contribution in [1.29, 1.82) is 0 Å². The Morgan fingerprint density at radius 1 is 1.00 bits per heavy atom. The molecule has 0 saturated carbocycles. The van der Waals surface area contributed by atoms with Gasteiger partial charge in [0.2, 0.25) is 10.0 Å². The highest BCUT2D eigenvalue weighted by Crippen LogP contribution is 2.20. The van der Waals surface area contributed by atoms with E-state index in [9.17, 15) is 13.2 Å². The van der Waals surface area contributed by atoms with Crippen molar-refractivity contribution in [3.63, 3.8) is 0 Å². The average molecular weight is 398 g/mol. The second kappa shape index (κ2) is 8.31. The summed E-state index contributed by atoms with van der Waals surface area (Å²) in [6.07, 6.45) is 1.14. The number of rotatable bonds is 7. The SMILES string of the molecule is CN(c1ccc(OCC(=O)NCc2ccc3ccccc3c2)cc1)S(C)(=O)=O. The topological polar surface area (TPSA) is 75.7 Å². The molecule has 0 aromatic heterocycles. The van der Waals surface area contributed by atoms with Crippen molar-refractivity contribution in [1.82, 2.24) is 5.32 Å². The zero-order chi connectivity index (χ0) is 20.1. The van der Waals surface area contributed by atoms with E-state index in [2.05, 4.69) is 5.32 Å². The molecular weight excluding hydrogens is 376 g/mol. The van der Waals surface area contributed by atoms with Crippen LogP contribution in [-0.2, 0) is 21.4 Å². The van der Waals surface area contributed by atoms with Crippen LogP contribution in [0.5, 0.6) is 5.75 Å². The molecule has 146 valence electrons.